The predicted octanol–water partition coefficient (Wildman–Crippen LogP) is 1.81. The van der Waals surface area contributed by atoms with Crippen LogP contribution in [0.15, 0.2) is 48.7 Å². The smallest absolute Gasteiger partial charge is 0.339 e. The first kappa shape index (κ1) is 16.8. The second-order valence-electron chi connectivity index (χ2n) is 5.80. The van der Waals surface area contributed by atoms with E-state index < -0.39 is 5.97 Å². The number of aromatic nitrogens is 1. The highest BCUT2D eigenvalue weighted by Gasteiger charge is 2.24. The molecule has 1 saturated heterocycles. The number of carboxylic acid groups (broad SMARTS) is 1. The summed E-state index contributed by atoms with van der Waals surface area (Å²) < 4.78 is 0. The molecule has 1 aromatic heterocycles. The van der Waals surface area contributed by atoms with Crippen molar-refractivity contribution < 1.29 is 14.7 Å². The van der Waals surface area contributed by atoms with Gasteiger partial charge in [-0.05, 0) is 17.7 Å². The molecular weight excluding hydrogens is 320 g/mol. The van der Waals surface area contributed by atoms with Gasteiger partial charge in [0, 0.05) is 38.9 Å². The highest BCUT2D eigenvalue weighted by molar-refractivity contribution is 5.93. The maximum atomic E-state index is 12.3. The molecule has 25 heavy (non-hydrogen) atoms. The summed E-state index contributed by atoms with van der Waals surface area (Å²) in [7, 11) is 0. The second kappa shape index (κ2) is 7.65. The highest BCUT2D eigenvalue weighted by Crippen LogP contribution is 2.19. The average Bonchev–Trinajstić information content (AvgIpc) is 2.67. The molecule has 2 N–H and O–H groups in total. The summed E-state index contributed by atoms with van der Waals surface area (Å²) >= 11 is 0. The third kappa shape index (κ3) is 4.06. The van der Waals surface area contributed by atoms with Gasteiger partial charge in [0.25, 0.3) is 0 Å². The van der Waals surface area contributed by atoms with Crippen LogP contribution in [0.1, 0.15) is 15.9 Å². The number of aromatic carboxylic acids is 1. The number of amides is 2. The van der Waals surface area contributed by atoms with Crippen molar-refractivity contribution in [1.82, 2.24) is 15.2 Å². The minimum absolute atomic E-state index is 0.108. The number of carboxylic acids is 1. The molecule has 0 aliphatic carbocycles. The van der Waals surface area contributed by atoms with Gasteiger partial charge in [0.05, 0.1) is 0 Å². The molecule has 0 atom stereocenters. The van der Waals surface area contributed by atoms with Crippen LogP contribution in [0.2, 0.25) is 0 Å². The molecule has 1 aliphatic rings. The summed E-state index contributed by atoms with van der Waals surface area (Å²) in [6.07, 6.45) is 1.58. The number of piperazine rings is 1. The molecule has 0 radical (unpaired) electrons. The number of pyridine rings is 1. The van der Waals surface area contributed by atoms with E-state index >= 15 is 0 Å². The van der Waals surface area contributed by atoms with E-state index in [9.17, 15) is 14.7 Å². The minimum atomic E-state index is -0.994. The zero-order chi connectivity index (χ0) is 17.6. The van der Waals surface area contributed by atoms with Crippen LogP contribution in [-0.4, -0.2) is 53.2 Å². The number of nitrogens with one attached hydrogen (secondary N) is 1. The highest BCUT2D eigenvalue weighted by atomic mass is 16.4. The summed E-state index contributed by atoms with van der Waals surface area (Å²) in [4.78, 5) is 31.4. The number of hydrogen-bond donors (Lipinski definition) is 2. The van der Waals surface area contributed by atoms with Crippen LogP contribution in [0.5, 0.6) is 0 Å². The first-order valence-corrected chi connectivity index (χ1v) is 8.15. The standard InChI is InChI=1S/C18H20N4O3/c23-17(24)15-7-4-8-19-16(15)21-9-11-22(12-10-21)18(25)20-13-14-5-2-1-3-6-14/h1-8H,9-13H2,(H,20,25)(H,23,24). The van der Waals surface area contributed by atoms with Crippen molar-refractivity contribution in [2.75, 3.05) is 31.1 Å². The Bertz CT molecular complexity index is 743. The van der Waals surface area contributed by atoms with Gasteiger partial charge in [-0.25, -0.2) is 14.6 Å². The van der Waals surface area contributed by atoms with E-state index in [0.29, 0.717) is 38.5 Å². The van der Waals surface area contributed by atoms with E-state index in [-0.39, 0.29) is 11.6 Å². The molecule has 2 heterocycles. The van der Waals surface area contributed by atoms with Crippen molar-refractivity contribution >= 4 is 17.8 Å². The quantitative estimate of drug-likeness (QED) is 0.887. The number of nitrogens with zero attached hydrogens (tertiary/aromatic N) is 3. The van der Waals surface area contributed by atoms with Gasteiger partial charge in [-0.3, -0.25) is 0 Å². The van der Waals surface area contributed by atoms with Crippen molar-refractivity contribution in [1.29, 1.82) is 0 Å². The third-order valence-electron chi connectivity index (χ3n) is 4.17. The fourth-order valence-electron chi connectivity index (χ4n) is 2.82. The Morgan fingerprint density at radius 3 is 2.44 bits per heavy atom. The summed E-state index contributed by atoms with van der Waals surface area (Å²) in [6.45, 7) is 2.64. The first-order valence-electron chi connectivity index (χ1n) is 8.15. The van der Waals surface area contributed by atoms with E-state index in [1.165, 1.54) is 0 Å². The van der Waals surface area contributed by atoms with Gasteiger partial charge in [-0.1, -0.05) is 30.3 Å². The number of anilines is 1. The largest absolute Gasteiger partial charge is 0.478 e. The van der Waals surface area contributed by atoms with Gasteiger partial charge >= 0.3 is 12.0 Å². The molecule has 0 bridgehead atoms. The van der Waals surface area contributed by atoms with E-state index in [1.807, 2.05) is 35.2 Å². The van der Waals surface area contributed by atoms with Crippen LogP contribution in [0.25, 0.3) is 0 Å². The van der Waals surface area contributed by atoms with Gasteiger partial charge in [-0.15, -0.1) is 0 Å². The third-order valence-corrected chi connectivity index (χ3v) is 4.17. The fourth-order valence-corrected chi connectivity index (χ4v) is 2.82. The molecule has 1 aliphatic heterocycles. The first-order chi connectivity index (χ1) is 12.1. The van der Waals surface area contributed by atoms with Gasteiger partial charge < -0.3 is 20.2 Å². The van der Waals surface area contributed by atoms with Crippen molar-refractivity contribution in [2.24, 2.45) is 0 Å². The summed E-state index contributed by atoms with van der Waals surface area (Å²) in [5.41, 5.74) is 1.23. The topological polar surface area (TPSA) is 85.8 Å². The number of urea groups is 1. The fraction of sp³-hybridized carbons (Fsp3) is 0.278. The number of hydrogen-bond acceptors (Lipinski definition) is 4. The lowest BCUT2D eigenvalue weighted by Gasteiger charge is -2.35. The molecule has 1 aromatic carbocycles. The van der Waals surface area contributed by atoms with Crippen LogP contribution < -0.4 is 10.2 Å². The van der Waals surface area contributed by atoms with Crippen molar-refractivity contribution in [3.63, 3.8) is 0 Å². The average molecular weight is 340 g/mol. The molecule has 0 unspecified atom stereocenters. The van der Waals surface area contributed by atoms with E-state index in [2.05, 4.69) is 10.3 Å². The van der Waals surface area contributed by atoms with E-state index in [0.717, 1.165) is 5.56 Å². The second-order valence-corrected chi connectivity index (χ2v) is 5.80. The normalized spacial score (nSPS) is 14.2. The summed E-state index contributed by atoms with van der Waals surface area (Å²) in [5.74, 6) is -0.537. The summed E-state index contributed by atoms with van der Waals surface area (Å²) in [5, 5.41) is 12.2. The Hall–Kier alpha value is -3.09. The Balaban J connectivity index is 1.55. The lowest BCUT2D eigenvalue weighted by molar-refractivity contribution is 0.0697. The van der Waals surface area contributed by atoms with Crippen LogP contribution in [0.3, 0.4) is 0 Å². The van der Waals surface area contributed by atoms with Gasteiger partial charge in [0.2, 0.25) is 0 Å². The zero-order valence-corrected chi connectivity index (χ0v) is 13.8. The summed E-state index contributed by atoms with van der Waals surface area (Å²) in [6, 6.07) is 12.8. The van der Waals surface area contributed by atoms with Crippen LogP contribution >= 0.6 is 0 Å². The van der Waals surface area contributed by atoms with E-state index in [4.69, 9.17) is 0 Å². The molecular formula is C18H20N4O3. The molecule has 7 heteroatoms. The number of carbonyl (C=O) groups excluding carboxylic acids is 1. The number of benzene rings is 1. The monoisotopic (exact) mass is 340 g/mol. The van der Waals surface area contributed by atoms with E-state index in [1.54, 1.807) is 23.2 Å². The Morgan fingerprint density at radius 1 is 1.04 bits per heavy atom. The van der Waals surface area contributed by atoms with Crippen LogP contribution in [0, 0.1) is 0 Å². The van der Waals surface area contributed by atoms with Crippen molar-refractivity contribution in [3.8, 4) is 0 Å². The molecule has 1 fully saturated rings. The Morgan fingerprint density at radius 2 is 1.76 bits per heavy atom. The number of carbonyl (C=O) groups is 2. The Labute approximate surface area is 145 Å². The maximum Gasteiger partial charge on any atom is 0.339 e. The van der Waals surface area contributed by atoms with Gasteiger partial charge in [0.15, 0.2) is 0 Å². The molecule has 130 valence electrons. The molecule has 7 nitrogen and oxygen atoms in total. The van der Waals surface area contributed by atoms with Crippen molar-refractivity contribution in [2.45, 2.75) is 6.54 Å². The van der Waals surface area contributed by atoms with Crippen LogP contribution in [-0.2, 0) is 6.54 Å². The maximum absolute atomic E-state index is 12.3. The van der Waals surface area contributed by atoms with Gasteiger partial charge in [-0.2, -0.15) is 0 Å². The Kier molecular flexibility index (Phi) is 5.13. The number of rotatable bonds is 4. The molecule has 2 aromatic rings. The lowest BCUT2D eigenvalue weighted by Crippen LogP contribution is -2.52. The lowest BCUT2D eigenvalue weighted by atomic mass is 10.2. The molecule has 3 rings (SSSR count). The minimum Gasteiger partial charge on any atom is -0.478 e. The van der Waals surface area contributed by atoms with Crippen LogP contribution in [0.4, 0.5) is 10.6 Å². The molecule has 0 spiro atoms. The van der Waals surface area contributed by atoms with Gasteiger partial charge in [0.1, 0.15) is 11.4 Å². The molecule has 2 amide bonds. The van der Waals surface area contributed by atoms with Crippen molar-refractivity contribution in [3.05, 3.63) is 59.8 Å². The SMILES string of the molecule is O=C(O)c1cccnc1N1CCN(C(=O)NCc2ccccc2)CC1. The molecule has 0 saturated carbocycles. The predicted molar refractivity (Wildman–Crippen MR) is 93.7 cm³/mol. The zero-order valence-electron chi connectivity index (χ0n) is 13.8.